The van der Waals surface area contributed by atoms with Gasteiger partial charge in [0.05, 0.1) is 0 Å². The Hall–Kier alpha value is -0.380. The summed E-state index contributed by atoms with van der Waals surface area (Å²) in [4.78, 5) is 4.01. The fourth-order valence-electron chi connectivity index (χ4n) is 1.90. The molecule has 1 aromatic heterocycles. The molecule has 104 valence electrons. The minimum atomic E-state index is 0.251. The zero-order chi connectivity index (χ0) is 13.4. The van der Waals surface area contributed by atoms with Gasteiger partial charge in [-0.1, -0.05) is 13.0 Å². The first-order chi connectivity index (χ1) is 8.51. The molecule has 0 bridgehead atoms. The van der Waals surface area contributed by atoms with Crippen molar-refractivity contribution in [1.82, 2.24) is 10.2 Å². The number of rotatable bonds is 8. The van der Waals surface area contributed by atoms with Crippen molar-refractivity contribution >= 4 is 11.3 Å². The summed E-state index contributed by atoms with van der Waals surface area (Å²) in [6.45, 7) is 13.5. The standard InChI is InChI=1S/C15H28N2S/c1-5-17(13-14-9-8-12-18-14)11-7-6-10-16-15(2,3)4/h8-9,12,16H,5-7,10-11,13H2,1-4H3. The summed E-state index contributed by atoms with van der Waals surface area (Å²) in [5.74, 6) is 0. The molecule has 0 aliphatic rings. The summed E-state index contributed by atoms with van der Waals surface area (Å²) in [6, 6.07) is 4.37. The zero-order valence-electron chi connectivity index (χ0n) is 12.3. The molecule has 0 atom stereocenters. The molecule has 0 radical (unpaired) electrons. The van der Waals surface area contributed by atoms with Gasteiger partial charge in [-0.25, -0.2) is 0 Å². The Morgan fingerprint density at radius 3 is 2.61 bits per heavy atom. The van der Waals surface area contributed by atoms with E-state index in [1.54, 1.807) is 0 Å². The van der Waals surface area contributed by atoms with Crippen molar-refractivity contribution in [2.75, 3.05) is 19.6 Å². The van der Waals surface area contributed by atoms with Crippen molar-refractivity contribution in [2.24, 2.45) is 0 Å². The minimum absolute atomic E-state index is 0.251. The van der Waals surface area contributed by atoms with Crippen LogP contribution < -0.4 is 5.32 Å². The van der Waals surface area contributed by atoms with E-state index in [0.29, 0.717) is 0 Å². The first-order valence-electron chi connectivity index (χ1n) is 7.01. The molecular weight excluding hydrogens is 240 g/mol. The summed E-state index contributed by atoms with van der Waals surface area (Å²) in [7, 11) is 0. The van der Waals surface area contributed by atoms with Crippen LogP contribution in [0.5, 0.6) is 0 Å². The van der Waals surface area contributed by atoms with Crippen LogP contribution in [0.15, 0.2) is 17.5 Å². The average molecular weight is 268 g/mol. The van der Waals surface area contributed by atoms with Crippen LogP contribution in [0.1, 0.15) is 45.4 Å². The normalized spacial score (nSPS) is 12.3. The molecule has 0 fully saturated rings. The lowest BCUT2D eigenvalue weighted by Crippen LogP contribution is -2.36. The molecule has 0 unspecified atom stereocenters. The number of unbranched alkanes of at least 4 members (excludes halogenated alkanes) is 1. The fourth-order valence-corrected chi connectivity index (χ4v) is 2.64. The van der Waals surface area contributed by atoms with Gasteiger partial charge in [0.1, 0.15) is 0 Å². The third-order valence-electron chi connectivity index (χ3n) is 2.96. The highest BCUT2D eigenvalue weighted by Crippen LogP contribution is 2.12. The molecule has 0 aromatic carbocycles. The van der Waals surface area contributed by atoms with E-state index in [-0.39, 0.29) is 5.54 Å². The molecule has 18 heavy (non-hydrogen) atoms. The van der Waals surface area contributed by atoms with E-state index in [1.165, 1.54) is 24.3 Å². The second kappa shape index (κ2) is 7.93. The first-order valence-corrected chi connectivity index (χ1v) is 7.89. The molecule has 0 spiro atoms. The lowest BCUT2D eigenvalue weighted by molar-refractivity contribution is 0.273. The fraction of sp³-hybridized carbons (Fsp3) is 0.733. The SMILES string of the molecule is CCN(CCCCNC(C)(C)C)Cc1cccs1. The van der Waals surface area contributed by atoms with Crippen molar-refractivity contribution < 1.29 is 0 Å². The summed E-state index contributed by atoms with van der Waals surface area (Å²) in [5.41, 5.74) is 0.251. The zero-order valence-corrected chi connectivity index (χ0v) is 13.1. The Labute approximate surface area is 116 Å². The maximum Gasteiger partial charge on any atom is 0.0327 e. The second-order valence-corrected chi connectivity index (χ2v) is 6.86. The topological polar surface area (TPSA) is 15.3 Å². The van der Waals surface area contributed by atoms with E-state index >= 15 is 0 Å². The molecule has 1 N–H and O–H groups in total. The van der Waals surface area contributed by atoms with Gasteiger partial charge in [-0.2, -0.15) is 0 Å². The Kier molecular flexibility index (Phi) is 6.90. The van der Waals surface area contributed by atoms with Crippen LogP contribution in [0.4, 0.5) is 0 Å². The van der Waals surface area contributed by atoms with Crippen molar-refractivity contribution in [3.8, 4) is 0 Å². The van der Waals surface area contributed by atoms with Gasteiger partial charge >= 0.3 is 0 Å². The molecular formula is C15H28N2S. The minimum Gasteiger partial charge on any atom is -0.312 e. The average Bonchev–Trinajstić information content (AvgIpc) is 2.78. The van der Waals surface area contributed by atoms with Gasteiger partial charge in [0.2, 0.25) is 0 Å². The molecule has 0 aliphatic heterocycles. The Balaban J connectivity index is 2.12. The quantitative estimate of drug-likeness (QED) is 0.723. The Bertz CT molecular complexity index is 301. The van der Waals surface area contributed by atoms with E-state index in [4.69, 9.17) is 0 Å². The molecule has 0 amide bonds. The van der Waals surface area contributed by atoms with Crippen molar-refractivity contribution in [1.29, 1.82) is 0 Å². The van der Waals surface area contributed by atoms with Crippen LogP contribution >= 0.6 is 11.3 Å². The second-order valence-electron chi connectivity index (χ2n) is 5.83. The number of hydrogen-bond donors (Lipinski definition) is 1. The van der Waals surface area contributed by atoms with Crippen molar-refractivity contribution in [3.63, 3.8) is 0 Å². The number of hydrogen-bond acceptors (Lipinski definition) is 3. The monoisotopic (exact) mass is 268 g/mol. The molecule has 1 aromatic rings. The van der Waals surface area contributed by atoms with E-state index in [1.807, 2.05) is 11.3 Å². The predicted molar refractivity (Wildman–Crippen MR) is 82.3 cm³/mol. The Morgan fingerprint density at radius 1 is 1.28 bits per heavy atom. The smallest absolute Gasteiger partial charge is 0.0327 e. The molecule has 0 saturated carbocycles. The summed E-state index contributed by atoms with van der Waals surface area (Å²) < 4.78 is 0. The van der Waals surface area contributed by atoms with Gasteiger partial charge in [0, 0.05) is 17.0 Å². The number of nitrogens with zero attached hydrogens (tertiary/aromatic N) is 1. The number of thiophene rings is 1. The molecule has 2 nitrogen and oxygen atoms in total. The number of nitrogens with one attached hydrogen (secondary N) is 1. The molecule has 0 saturated heterocycles. The van der Waals surface area contributed by atoms with Crippen molar-refractivity contribution in [2.45, 2.75) is 52.6 Å². The molecule has 0 aliphatic carbocycles. The van der Waals surface area contributed by atoms with Crippen LogP contribution in [0.3, 0.4) is 0 Å². The van der Waals surface area contributed by atoms with Gasteiger partial charge in [-0.15, -0.1) is 11.3 Å². The lowest BCUT2D eigenvalue weighted by atomic mass is 10.1. The predicted octanol–water partition coefficient (Wildman–Crippen LogP) is 3.74. The van der Waals surface area contributed by atoms with Crippen LogP contribution in [0.25, 0.3) is 0 Å². The maximum atomic E-state index is 3.54. The highest BCUT2D eigenvalue weighted by molar-refractivity contribution is 7.09. The summed E-state index contributed by atoms with van der Waals surface area (Å²) in [6.07, 6.45) is 2.54. The molecule has 1 rings (SSSR count). The third-order valence-corrected chi connectivity index (χ3v) is 3.82. The Morgan fingerprint density at radius 2 is 2.06 bits per heavy atom. The lowest BCUT2D eigenvalue weighted by Gasteiger charge is -2.22. The van der Waals surface area contributed by atoms with E-state index < -0.39 is 0 Å². The maximum absolute atomic E-state index is 3.54. The van der Waals surface area contributed by atoms with E-state index in [9.17, 15) is 0 Å². The van der Waals surface area contributed by atoms with Crippen molar-refractivity contribution in [3.05, 3.63) is 22.4 Å². The first kappa shape index (κ1) is 15.7. The van der Waals surface area contributed by atoms with Crippen LogP contribution in [-0.2, 0) is 6.54 Å². The van der Waals surface area contributed by atoms with Gasteiger partial charge in [0.15, 0.2) is 0 Å². The van der Waals surface area contributed by atoms with Crippen LogP contribution in [0, 0.1) is 0 Å². The summed E-state index contributed by atoms with van der Waals surface area (Å²) >= 11 is 1.86. The largest absolute Gasteiger partial charge is 0.312 e. The van der Waals surface area contributed by atoms with Gasteiger partial charge in [-0.3, -0.25) is 4.90 Å². The molecule has 3 heteroatoms. The van der Waals surface area contributed by atoms with Gasteiger partial charge in [0.25, 0.3) is 0 Å². The molecule has 1 heterocycles. The van der Waals surface area contributed by atoms with Crippen LogP contribution in [-0.4, -0.2) is 30.1 Å². The van der Waals surface area contributed by atoms with E-state index in [2.05, 4.69) is 55.4 Å². The van der Waals surface area contributed by atoms with Gasteiger partial charge < -0.3 is 5.32 Å². The highest BCUT2D eigenvalue weighted by Gasteiger charge is 2.08. The van der Waals surface area contributed by atoms with Gasteiger partial charge in [-0.05, 0) is 64.7 Å². The third kappa shape index (κ3) is 7.14. The van der Waals surface area contributed by atoms with E-state index in [0.717, 1.165) is 19.6 Å². The summed E-state index contributed by atoms with van der Waals surface area (Å²) in [5, 5.41) is 5.71. The van der Waals surface area contributed by atoms with Crippen LogP contribution in [0.2, 0.25) is 0 Å². The highest BCUT2D eigenvalue weighted by atomic mass is 32.1.